The van der Waals surface area contributed by atoms with Crippen molar-refractivity contribution in [2.24, 2.45) is 0 Å². The summed E-state index contributed by atoms with van der Waals surface area (Å²) in [6, 6.07) is 21.3. The Morgan fingerprint density at radius 1 is 0.918 bits per heavy atom. The molecule has 7 rings (SSSR count). The summed E-state index contributed by atoms with van der Waals surface area (Å²) in [5.74, 6) is 1.46. The van der Waals surface area contributed by atoms with E-state index in [1.54, 1.807) is 7.11 Å². The summed E-state index contributed by atoms with van der Waals surface area (Å²) >= 11 is 0. The molecule has 4 fully saturated rings. The number of hydrogen-bond acceptors (Lipinski definition) is 8. The van der Waals surface area contributed by atoms with E-state index in [1.165, 1.54) is 11.1 Å². The SMILES string of the molecule is COc1nc(C2CC2)nc(OCC(F)F)c1CN1CC2CN(C(=O)C3CCCO3)CCN2C(C(c2ccccc2)c2ccccc2)C1.Cl.Cl. The fraction of sp³-hybridized carbons (Fsp3) is 0.528. The fourth-order valence-electron chi connectivity index (χ4n) is 7.54. The molecule has 9 nitrogen and oxygen atoms in total. The predicted octanol–water partition coefficient (Wildman–Crippen LogP) is 5.56. The number of fused-ring (bicyclic) bond motifs is 1. The lowest BCUT2D eigenvalue weighted by atomic mass is 9.81. The number of carbonyl (C=O) groups is 1. The van der Waals surface area contributed by atoms with Crippen molar-refractivity contribution in [3.8, 4) is 11.8 Å². The number of ether oxygens (including phenoxy) is 3. The Hall–Kier alpha value is -3.09. The van der Waals surface area contributed by atoms with Gasteiger partial charge in [0.25, 0.3) is 12.3 Å². The largest absolute Gasteiger partial charge is 0.481 e. The molecular formula is C36H45Cl2F2N5O4. The molecule has 3 unspecified atom stereocenters. The zero-order chi connectivity index (χ0) is 32.3. The minimum Gasteiger partial charge on any atom is -0.481 e. The molecule has 3 saturated heterocycles. The quantitative estimate of drug-likeness (QED) is 0.255. The third-order valence-electron chi connectivity index (χ3n) is 9.90. The van der Waals surface area contributed by atoms with Gasteiger partial charge in [-0.1, -0.05) is 60.7 Å². The summed E-state index contributed by atoms with van der Waals surface area (Å²) < 4.78 is 43.9. The second-order valence-corrected chi connectivity index (χ2v) is 13.1. The highest BCUT2D eigenvalue weighted by Gasteiger charge is 2.44. The highest BCUT2D eigenvalue weighted by Crippen LogP contribution is 2.42. The molecule has 0 bridgehead atoms. The zero-order valence-electron chi connectivity index (χ0n) is 27.7. The second kappa shape index (κ2) is 16.7. The van der Waals surface area contributed by atoms with Crippen LogP contribution >= 0.6 is 24.8 Å². The molecular weight excluding hydrogens is 675 g/mol. The van der Waals surface area contributed by atoms with Gasteiger partial charge in [-0.3, -0.25) is 14.6 Å². The van der Waals surface area contributed by atoms with Crippen LogP contribution in [-0.2, 0) is 16.1 Å². The van der Waals surface area contributed by atoms with Gasteiger partial charge in [-0.15, -0.1) is 24.8 Å². The van der Waals surface area contributed by atoms with Crippen LogP contribution in [0.5, 0.6) is 11.8 Å². The van der Waals surface area contributed by atoms with Crippen molar-refractivity contribution in [3.05, 3.63) is 83.2 Å². The fourth-order valence-corrected chi connectivity index (χ4v) is 7.54. The second-order valence-electron chi connectivity index (χ2n) is 13.1. The van der Waals surface area contributed by atoms with Gasteiger partial charge in [-0.2, -0.15) is 9.97 Å². The van der Waals surface area contributed by atoms with E-state index in [0.29, 0.717) is 56.6 Å². The molecule has 0 radical (unpaired) electrons. The summed E-state index contributed by atoms with van der Waals surface area (Å²) in [4.78, 5) is 29.8. The summed E-state index contributed by atoms with van der Waals surface area (Å²) in [6.45, 7) is 3.61. The average molecular weight is 721 g/mol. The first-order chi connectivity index (χ1) is 23.0. The van der Waals surface area contributed by atoms with Crippen molar-refractivity contribution in [3.63, 3.8) is 0 Å². The highest BCUT2D eigenvalue weighted by atomic mass is 35.5. The van der Waals surface area contributed by atoms with Crippen LogP contribution < -0.4 is 9.47 Å². The van der Waals surface area contributed by atoms with Gasteiger partial charge in [0.05, 0.1) is 12.7 Å². The highest BCUT2D eigenvalue weighted by molar-refractivity contribution is 5.85. The van der Waals surface area contributed by atoms with Crippen LogP contribution in [-0.4, -0.2) is 108 Å². The van der Waals surface area contributed by atoms with Gasteiger partial charge in [0.15, 0.2) is 6.61 Å². The molecule has 1 amide bonds. The molecule has 1 aliphatic carbocycles. The topological polar surface area (TPSA) is 80.3 Å². The summed E-state index contributed by atoms with van der Waals surface area (Å²) in [6.07, 6.45) is 0.603. The number of rotatable bonds is 11. The van der Waals surface area contributed by atoms with Crippen molar-refractivity contribution < 1.29 is 27.8 Å². The molecule has 0 N–H and O–H groups in total. The van der Waals surface area contributed by atoms with Gasteiger partial charge < -0.3 is 19.1 Å². The van der Waals surface area contributed by atoms with Gasteiger partial charge in [0.2, 0.25) is 11.8 Å². The third-order valence-corrected chi connectivity index (χ3v) is 9.90. The van der Waals surface area contributed by atoms with Crippen LogP contribution in [0, 0.1) is 0 Å². The van der Waals surface area contributed by atoms with E-state index in [2.05, 4.69) is 63.3 Å². The number of nitrogens with zero attached hydrogens (tertiary/aromatic N) is 5. The molecule has 266 valence electrons. The van der Waals surface area contributed by atoms with Crippen LogP contribution in [0.3, 0.4) is 0 Å². The lowest BCUT2D eigenvalue weighted by Gasteiger charge is -2.53. The molecule has 3 atom stereocenters. The monoisotopic (exact) mass is 719 g/mol. The van der Waals surface area contributed by atoms with Gasteiger partial charge in [0, 0.05) is 69.8 Å². The van der Waals surface area contributed by atoms with Gasteiger partial charge in [-0.05, 0) is 36.8 Å². The Balaban J connectivity index is 0.00000234. The predicted molar refractivity (Wildman–Crippen MR) is 186 cm³/mol. The van der Waals surface area contributed by atoms with Crippen LogP contribution in [0.2, 0.25) is 0 Å². The van der Waals surface area contributed by atoms with E-state index in [9.17, 15) is 13.6 Å². The lowest BCUT2D eigenvalue weighted by Crippen LogP contribution is -2.67. The molecule has 4 heterocycles. The van der Waals surface area contributed by atoms with Crippen LogP contribution in [0.1, 0.15) is 60.0 Å². The molecule has 2 aromatic carbocycles. The summed E-state index contributed by atoms with van der Waals surface area (Å²) in [5.41, 5.74) is 3.01. The van der Waals surface area contributed by atoms with Gasteiger partial charge in [0.1, 0.15) is 11.9 Å². The first-order valence-corrected chi connectivity index (χ1v) is 16.8. The number of carbonyl (C=O) groups excluding carboxylic acids is 1. The first kappa shape index (κ1) is 37.2. The van der Waals surface area contributed by atoms with Crippen molar-refractivity contribution in [2.45, 2.75) is 68.7 Å². The Bertz CT molecular complexity index is 1480. The molecule has 4 aliphatic rings. The maximum Gasteiger partial charge on any atom is 0.272 e. The van der Waals surface area contributed by atoms with Gasteiger partial charge >= 0.3 is 0 Å². The number of halogens is 4. The number of aromatic nitrogens is 2. The van der Waals surface area contributed by atoms with Crippen LogP contribution in [0.15, 0.2) is 60.7 Å². The smallest absolute Gasteiger partial charge is 0.272 e. The molecule has 49 heavy (non-hydrogen) atoms. The number of benzene rings is 2. The van der Waals surface area contributed by atoms with E-state index in [-0.39, 0.29) is 66.6 Å². The van der Waals surface area contributed by atoms with E-state index in [4.69, 9.17) is 19.2 Å². The number of alkyl halides is 2. The van der Waals surface area contributed by atoms with Crippen molar-refractivity contribution >= 4 is 30.7 Å². The molecule has 3 aliphatic heterocycles. The zero-order valence-corrected chi connectivity index (χ0v) is 29.3. The molecule has 3 aromatic rings. The number of hydrogen-bond donors (Lipinski definition) is 0. The van der Waals surface area contributed by atoms with Gasteiger partial charge in [-0.25, -0.2) is 8.78 Å². The van der Waals surface area contributed by atoms with Crippen LogP contribution in [0.25, 0.3) is 0 Å². The van der Waals surface area contributed by atoms with Crippen molar-refractivity contribution in [1.29, 1.82) is 0 Å². The lowest BCUT2D eigenvalue weighted by molar-refractivity contribution is -0.146. The Morgan fingerprint density at radius 3 is 2.18 bits per heavy atom. The molecule has 1 saturated carbocycles. The maximum absolute atomic E-state index is 13.5. The first-order valence-electron chi connectivity index (χ1n) is 16.8. The van der Waals surface area contributed by atoms with Crippen LogP contribution in [0.4, 0.5) is 8.78 Å². The molecule has 1 aromatic heterocycles. The van der Waals surface area contributed by atoms with Crippen molar-refractivity contribution in [2.75, 3.05) is 53.0 Å². The Kier molecular flexibility index (Phi) is 12.7. The summed E-state index contributed by atoms with van der Waals surface area (Å²) in [5, 5.41) is 0. The minimum absolute atomic E-state index is 0. The standard InChI is InChI=1S/C36H43F2N5O4.2ClH/c1-45-34-28(35(47-23-31(37)38)40-33(39-34)26-14-15-26)21-41-19-27-20-42(36(44)30-13-8-18-46-30)16-17-43(27)29(22-41)32(24-9-4-2-5-10-24)25-11-6-3-7-12-25;;/h2-7,9-12,26-27,29-32H,8,13-23H2,1H3;2*1H. The number of methoxy groups -OCH3 is 1. The van der Waals surface area contributed by atoms with E-state index >= 15 is 0 Å². The Labute approximate surface area is 299 Å². The summed E-state index contributed by atoms with van der Waals surface area (Å²) in [7, 11) is 1.55. The average Bonchev–Trinajstić information content (AvgIpc) is 3.81. The Morgan fingerprint density at radius 2 is 1.59 bits per heavy atom. The molecule has 13 heteroatoms. The van der Waals surface area contributed by atoms with E-state index < -0.39 is 13.0 Å². The van der Waals surface area contributed by atoms with E-state index in [1.807, 2.05) is 17.0 Å². The maximum atomic E-state index is 13.5. The number of amides is 1. The third kappa shape index (κ3) is 8.45. The normalized spacial score (nSPS) is 22.7. The molecule has 0 spiro atoms. The number of piperazine rings is 2. The van der Waals surface area contributed by atoms with E-state index in [0.717, 1.165) is 32.2 Å². The van der Waals surface area contributed by atoms with Crippen molar-refractivity contribution in [1.82, 2.24) is 24.7 Å². The minimum atomic E-state index is -2.63.